The van der Waals surface area contributed by atoms with E-state index in [-0.39, 0.29) is 6.61 Å². The molecule has 1 N–H and O–H groups in total. The molecular formula is C29H38ClN3O4. The quantitative estimate of drug-likeness (QED) is 0.323. The van der Waals surface area contributed by atoms with E-state index in [0.717, 1.165) is 67.5 Å². The number of ether oxygens (including phenoxy) is 3. The summed E-state index contributed by atoms with van der Waals surface area (Å²) in [7, 11) is 1.67. The summed E-state index contributed by atoms with van der Waals surface area (Å²) in [6, 6.07) is 11.8. The van der Waals surface area contributed by atoms with Gasteiger partial charge in [0.25, 0.3) is 0 Å². The number of likely N-dealkylation sites (tertiary alicyclic amines) is 1. The van der Waals surface area contributed by atoms with Gasteiger partial charge in [0, 0.05) is 45.0 Å². The Kier molecular flexibility index (Phi) is 9.35. The van der Waals surface area contributed by atoms with Crippen LogP contribution in [0, 0.1) is 6.92 Å². The van der Waals surface area contributed by atoms with Crippen LogP contribution in [0.1, 0.15) is 43.1 Å². The number of nitrogens with zero attached hydrogens (tertiary/aromatic N) is 3. The first-order chi connectivity index (χ1) is 17.9. The number of rotatable bonds is 12. The average molecular weight is 528 g/mol. The summed E-state index contributed by atoms with van der Waals surface area (Å²) in [6.45, 7) is 8.19. The maximum absolute atomic E-state index is 11.1. The number of aliphatic hydroxyl groups is 1. The second-order valence-electron chi connectivity index (χ2n) is 9.80. The van der Waals surface area contributed by atoms with E-state index >= 15 is 0 Å². The monoisotopic (exact) mass is 527 g/mol. The van der Waals surface area contributed by atoms with Gasteiger partial charge in [-0.3, -0.25) is 4.90 Å². The molecule has 0 saturated carbocycles. The molecule has 4 rings (SSSR count). The third-order valence-corrected chi connectivity index (χ3v) is 7.24. The number of aryl methyl sites for hydroxylation is 3. The number of benzene rings is 2. The van der Waals surface area contributed by atoms with Crippen LogP contribution in [0.5, 0.6) is 17.2 Å². The molecule has 0 spiro atoms. The van der Waals surface area contributed by atoms with Crippen molar-refractivity contribution in [1.29, 1.82) is 0 Å². The van der Waals surface area contributed by atoms with E-state index in [2.05, 4.69) is 33.5 Å². The Morgan fingerprint density at radius 3 is 2.62 bits per heavy atom. The zero-order valence-electron chi connectivity index (χ0n) is 22.1. The largest absolute Gasteiger partial charge is 0.493 e. The molecule has 37 heavy (non-hydrogen) atoms. The maximum atomic E-state index is 11.1. The highest BCUT2D eigenvalue weighted by Crippen LogP contribution is 2.31. The van der Waals surface area contributed by atoms with Gasteiger partial charge in [-0.1, -0.05) is 30.7 Å². The van der Waals surface area contributed by atoms with Gasteiger partial charge in [0.05, 0.1) is 18.7 Å². The summed E-state index contributed by atoms with van der Waals surface area (Å²) in [5.41, 5.74) is 1.38. The summed E-state index contributed by atoms with van der Waals surface area (Å²) < 4.78 is 19.7. The summed E-state index contributed by atoms with van der Waals surface area (Å²) in [6.07, 6.45) is 6.96. The minimum absolute atomic E-state index is 0.239. The topological polar surface area (TPSA) is 69.0 Å². The molecule has 3 aromatic rings. The average Bonchev–Trinajstić information content (AvgIpc) is 3.36. The zero-order valence-corrected chi connectivity index (χ0v) is 22.8. The van der Waals surface area contributed by atoms with Crippen LogP contribution >= 0.6 is 11.6 Å². The van der Waals surface area contributed by atoms with Gasteiger partial charge in [-0.2, -0.15) is 0 Å². The minimum Gasteiger partial charge on any atom is -0.493 e. The van der Waals surface area contributed by atoms with Crippen LogP contribution in [0.4, 0.5) is 0 Å². The van der Waals surface area contributed by atoms with E-state index in [9.17, 15) is 5.11 Å². The maximum Gasteiger partial charge on any atom is 0.161 e. The van der Waals surface area contributed by atoms with Crippen molar-refractivity contribution < 1.29 is 19.3 Å². The summed E-state index contributed by atoms with van der Waals surface area (Å²) >= 11 is 6.24. The van der Waals surface area contributed by atoms with Gasteiger partial charge in [-0.25, -0.2) is 4.98 Å². The summed E-state index contributed by atoms with van der Waals surface area (Å²) in [5.74, 6) is 3.22. The fourth-order valence-electron chi connectivity index (χ4n) is 4.67. The molecule has 0 unspecified atom stereocenters. The van der Waals surface area contributed by atoms with Crippen LogP contribution in [-0.4, -0.2) is 58.6 Å². The fraction of sp³-hybridized carbons (Fsp3) is 0.483. The summed E-state index contributed by atoms with van der Waals surface area (Å²) in [4.78, 5) is 6.73. The first-order valence-corrected chi connectivity index (χ1v) is 13.4. The summed E-state index contributed by atoms with van der Waals surface area (Å²) in [5, 5.41) is 11.6. The van der Waals surface area contributed by atoms with E-state index < -0.39 is 5.60 Å². The molecule has 1 aliphatic rings. The first-order valence-electron chi connectivity index (χ1n) is 13.0. The van der Waals surface area contributed by atoms with Gasteiger partial charge >= 0.3 is 0 Å². The van der Waals surface area contributed by atoms with Crippen LogP contribution in [0.25, 0.3) is 0 Å². The van der Waals surface area contributed by atoms with E-state index in [0.29, 0.717) is 30.2 Å². The van der Waals surface area contributed by atoms with E-state index in [4.69, 9.17) is 25.8 Å². The number of imidazole rings is 1. The lowest BCUT2D eigenvalue weighted by Crippen LogP contribution is -2.47. The van der Waals surface area contributed by atoms with E-state index in [1.54, 1.807) is 7.11 Å². The number of piperidine rings is 1. The van der Waals surface area contributed by atoms with Crippen molar-refractivity contribution in [1.82, 2.24) is 14.5 Å². The SMILES string of the molecule is CCc1nccn1CCCOc1cc(CN2CCC(O)(COc3cc(C)ccc3Cl)CC2)ccc1OC. The van der Waals surface area contributed by atoms with E-state index in [1.165, 1.54) is 0 Å². The minimum atomic E-state index is -0.857. The highest BCUT2D eigenvalue weighted by atomic mass is 35.5. The Morgan fingerprint density at radius 2 is 1.86 bits per heavy atom. The lowest BCUT2D eigenvalue weighted by Gasteiger charge is -2.38. The first kappa shape index (κ1) is 27.3. The van der Waals surface area contributed by atoms with Gasteiger partial charge in [-0.05, 0) is 61.6 Å². The third-order valence-electron chi connectivity index (χ3n) is 6.92. The molecule has 8 heteroatoms. The van der Waals surface area contributed by atoms with Crippen molar-refractivity contribution >= 4 is 11.6 Å². The molecule has 200 valence electrons. The van der Waals surface area contributed by atoms with Crippen LogP contribution in [0.2, 0.25) is 5.02 Å². The van der Waals surface area contributed by atoms with Crippen LogP contribution in [-0.2, 0) is 19.5 Å². The normalized spacial score (nSPS) is 15.5. The number of methoxy groups -OCH3 is 1. The van der Waals surface area contributed by atoms with Gasteiger partial charge in [0.2, 0.25) is 0 Å². The Morgan fingerprint density at radius 1 is 1.05 bits per heavy atom. The molecule has 1 aliphatic heterocycles. The Labute approximate surface area is 224 Å². The van der Waals surface area contributed by atoms with Crippen molar-refractivity contribution in [3.05, 3.63) is 70.8 Å². The Bertz CT molecular complexity index is 1160. The fourth-order valence-corrected chi connectivity index (χ4v) is 4.84. The molecule has 0 aliphatic carbocycles. The zero-order chi connectivity index (χ0) is 26.3. The van der Waals surface area contributed by atoms with Gasteiger partial charge in [-0.15, -0.1) is 0 Å². The van der Waals surface area contributed by atoms with Crippen LogP contribution in [0.15, 0.2) is 48.8 Å². The standard InChI is InChI=1S/C29H38ClN3O4/c1-4-28-31-12-16-33(28)13-5-17-36-27-19-23(7-9-25(27)35-3)20-32-14-10-29(34,11-15-32)21-37-26-18-22(2)6-8-24(26)30/h6-9,12,16,18-19,34H,4-5,10-11,13-15,17,20-21H2,1-3H3. The molecular weight excluding hydrogens is 490 g/mol. The van der Waals surface area contributed by atoms with Crippen molar-refractivity contribution in [2.45, 2.75) is 58.2 Å². The molecule has 1 aromatic heterocycles. The van der Waals surface area contributed by atoms with Crippen LogP contribution < -0.4 is 14.2 Å². The number of aromatic nitrogens is 2. The predicted molar refractivity (Wildman–Crippen MR) is 146 cm³/mol. The molecule has 0 atom stereocenters. The van der Waals surface area contributed by atoms with Crippen molar-refractivity contribution in [3.8, 4) is 17.2 Å². The Hall–Kier alpha value is -2.74. The molecule has 0 bridgehead atoms. The lowest BCUT2D eigenvalue weighted by atomic mass is 9.92. The van der Waals surface area contributed by atoms with Crippen molar-refractivity contribution in [2.24, 2.45) is 0 Å². The smallest absolute Gasteiger partial charge is 0.161 e. The molecule has 0 amide bonds. The number of halogens is 1. The molecule has 2 heterocycles. The predicted octanol–water partition coefficient (Wildman–Crippen LogP) is 5.29. The molecule has 1 fully saturated rings. The van der Waals surface area contributed by atoms with Crippen molar-refractivity contribution in [3.63, 3.8) is 0 Å². The van der Waals surface area contributed by atoms with Gasteiger partial charge < -0.3 is 23.9 Å². The number of hydrogen-bond acceptors (Lipinski definition) is 6. The lowest BCUT2D eigenvalue weighted by molar-refractivity contribution is -0.0537. The third kappa shape index (κ3) is 7.40. The molecule has 2 aromatic carbocycles. The second-order valence-corrected chi connectivity index (χ2v) is 10.2. The van der Waals surface area contributed by atoms with Gasteiger partial charge in [0.1, 0.15) is 23.8 Å². The highest BCUT2D eigenvalue weighted by molar-refractivity contribution is 6.32. The van der Waals surface area contributed by atoms with Gasteiger partial charge in [0.15, 0.2) is 11.5 Å². The second kappa shape index (κ2) is 12.7. The Balaban J connectivity index is 1.27. The molecule has 7 nitrogen and oxygen atoms in total. The number of hydrogen-bond donors (Lipinski definition) is 1. The van der Waals surface area contributed by atoms with E-state index in [1.807, 2.05) is 43.6 Å². The van der Waals surface area contributed by atoms with Crippen molar-refractivity contribution in [2.75, 3.05) is 33.4 Å². The highest BCUT2D eigenvalue weighted by Gasteiger charge is 2.33. The molecule has 0 radical (unpaired) electrons. The molecule has 1 saturated heterocycles. The van der Waals surface area contributed by atoms with Crippen LogP contribution in [0.3, 0.4) is 0 Å².